The molecule has 5 aliphatic rings. The van der Waals surface area contributed by atoms with Crippen molar-refractivity contribution in [2.24, 2.45) is 22.7 Å². The lowest BCUT2D eigenvalue weighted by Gasteiger charge is -2.52. The number of halogens is 1. The number of carbonyl (C=O) groups excluding carboxylic acids is 4. The van der Waals surface area contributed by atoms with Crippen LogP contribution >= 0.6 is 27.3 Å². The van der Waals surface area contributed by atoms with Crippen LogP contribution in [0.5, 0.6) is 11.5 Å². The van der Waals surface area contributed by atoms with E-state index in [1.807, 2.05) is 126 Å². The predicted octanol–water partition coefficient (Wildman–Crippen LogP) is 13.1. The molecule has 3 aliphatic heterocycles. The SMILES string of the molecule is CCOC(=O)CN1CCC2(CC1)CC(COc1cccc(-c3ccc(N4CCc5cccc(C(=O)Nc6nc7ccccc7s6)c5C4)nc3C(=O)OC(C)(C)C)c1C)C2.CCOC(=O)CN1CCC2(CC1)CC(COc1cccc(Br)c1C)C2. The molecule has 2 saturated heterocycles. The highest BCUT2D eigenvalue weighted by atomic mass is 79.9. The van der Waals surface area contributed by atoms with Crippen molar-refractivity contribution in [3.63, 3.8) is 0 Å². The lowest BCUT2D eigenvalue weighted by Crippen LogP contribution is -2.49. The van der Waals surface area contributed by atoms with Crippen molar-refractivity contribution in [3.05, 3.63) is 129 Å². The largest absolute Gasteiger partial charge is 0.493 e. The molecule has 446 valence electrons. The van der Waals surface area contributed by atoms with Gasteiger partial charge < -0.3 is 28.6 Å². The van der Waals surface area contributed by atoms with Crippen molar-refractivity contribution in [3.8, 4) is 22.6 Å². The molecule has 0 unspecified atom stereocenters. The first-order valence-corrected chi connectivity index (χ1v) is 31.6. The minimum absolute atomic E-state index is 0.0947. The number of piperidine rings is 2. The van der Waals surface area contributed by atoms with Crippen LogP contribution in [0.15, 0.2) is 95.5 Å². The Balaban J connectivity index is 0.000000262. The summed E-state index contributed by atoms with van der Waals surface area (Å²) in [6.07, 6.45) is 10.1. The number of amides is 1. The van der Waals surface area contributed by atoms with Crippen LogP contribution in [-0.2, 0) is 36.8 Å². The zero-order chi connectivity index (χ0) is 59.2. The van der Waals surface area contributed by atoms with E-state index in [0.29, 0.717) is 90.7 Å². The lowest BCUT2D eigenvalue weighted by atomic mass is 9.58. The molecule has 2 aliphatic carbocycles. The average Bonchev–Trinajstić information content (AvgIpc) is 2.53. The number of pyridine rings is 1. The standard InChI is InChI=1S/C47H53N5O6S.C20H28BrNO3/c1-6-56-41(53)28-51-23-20-47(21-24-51)25-31(26-47)29-57-38-15-10-12-33(30(38)2)34-17-18-40(49-42(34)44(55)58-46(3,4)5)52-22-19-32-11-9-13-35(36(32)27-52)43(54)50-45-48-37-14-7-8-16-39(37)59-45;1-3-24-19(23)13-22-9-7-20(8-10-22)11-16(12-20)14-25-18-6-4-5-17(21)15(18)2/h7-18,31H,6,19-29H2,1-5H3,(H,48,50,54);4-6,16H,3,7-14H2,1-2H3. The van der Waals surface area contributed by atoms with E-state index in [1.165, 1.54) is 42.6 Å². The Hall–Kier alpha value is -6.40. The Labute approximate surface area is 507 Å². The van der Waals surface area contributed by atoms with Gasteiger partial charge in [-0.2, -0.15) is 0 Å². The molecule has 0 radical (unpaired) electrons. The number of hydrogen-bond donors (Lipinski definition) is 1. The first-order chi connectivity index (χ1) is 40.4. The number of ether oxygens (including phenoxy) is 5. The summed E-state index contributed by atoms with van der Waals surface area (Å²) in [6, 6.07) is 29.7. The molecule has 1 amide bonds. The van der Waals surface area contributed by atoms with E-state index < -0.39 is 11.6 Å². The van der Waals surface area contributed by atoms with Gasteiger partial charge in [0, 0.05) is 34.3 Å². The highest BCUT2D eigenvalue weighted by Crippen LogP contribution is 2.54. The van der Waals surface area contributed by atoms with Gasteiger partial charge in [0.05, 0.1) is 49.7 Å². The molecule has 0 atom stereocenters. The highest BCUT2D eigenvalue weighted by molar-refractivity contribution is 9.10. The molecular formula is C67H81BrN6O9S. The molecule has 4 aromatic carbocycles. The van der Waals surface area contributed by atoms with Crippen molar-refractivity contribution in [2.45, 2.75) is 118 Å². The number of anilines is 2. The fourth-order valence-corrected chi connectivity index (χ4v) is 14.4. The molecular weight excluding hydrogens is 1140 g/mol. The maximum absolute atomic E-state index is 14.0. The smallest absolute Gasteiger partial charge is 0.358 e. The fraction of sp³-hybridized carbons (Fsp3) is 0.493. The Morgan fingerprint density at radius 1 is 0.679 bits per heavy atom. The summed E-state index contributed by atoms with van der Waals surface area (Å²) in [5, 5.41) is 3.59. The monoisotopic (exact) mass is 1220 g/mol. The number of fused-ring (bicyclic) bond motifs is 2. The molecule has 15 nitrogen and oxygen atoms in total. The number of para-hydroxylation sites is 1. The predicted molar refractivity (Wildman–Crippen MR) is 333 cm³/mol. The third-order valence-electron chi connectivity index (χ3n) is 17.6. The third kappa shape index (κ3) is 14.6. The molecule has 84 heavy (non-hydrogen) atoms. The van der Waals surface area contributed by atoms with Crippen LogP contribution in [0.3, 0.4) is 0 Å². The molecule has 2 spiro atoms. The second-order valence-electron chi connectivity index (χ2n) is 24.7. The first kappa shape index (κ1) is 60.7. The zero-order valence-electron chi connectivity index (χ0n) is 49.9. The number of benzene rings is 4. The topological polar surface area (TPSA) is 162 Å². The summed E-state index contributed by atoms with van der Waals surface area (Å²) in [5.41, 5.74) is 7.48. The van der Waals surface area contributed by atoms with E-state index in [0.717, 1.165) is 113 Å². The normalized spacial score (nSPS) is 17.7. The molecule has 2 saturated carbocycles. The number of rotatable bonds is 17. The van der Waals surface area contributed by atoms with Gasteiger partial charge in [-0.1, -0.05) is 69.7 Å². The van der Waals surface area contributed by atoms with Crippen LogP contribution in [-0.4, -0.2) is 121 Å². The second-order valence-corrected chi connectivity index (χ2v) is 26.6. The average molecular weight is 1230 g/mol. The van der Waals surface area contributed by atoms with Crippen LogP contribution in [0.2, 0.25) is 0 Å². The van der Waals surface area contributed by atoms with Gasteiger partial charge in [0.25, 0.3) is 5.91 Å². The van der Waals surface area contributed by atoms with Crippen LogP contribution < -0.4 is 19.7 Å². The van der Waals surface area contributed by atoms with Crippen LogP contribution in [0.4, 0.5) is 10.9 Å². The Morgan fingerprint density at radius 3 is 1.86 bits per heavy atom. The van der Waals surface area contributed by atoms with E-state index in [1.54, 1.807) is 0 Å². The number of nitrogens with zero attached hydrogens (tertiary/aromatic N) is 5. The Kier molecular flexibility index (Phi) is 19.1. The first-order valence-electron chi connectivity index (χ1n) is 30.0. The minimum atomic E-state index is -0.723. The summed E-state index contributed by atoms with van der Waals surface area (Å²) in [7, 11) is 0. The van der Waals surface area contributed by atoms with Crippen molar-refractivity contribution in [1.82, 2.24) is 19.8 Å². The number of esters is 3. The number of likely N-dealkylation sites (tertiary alicyclic amines) is 2. The van der Waals surface area contributed by atoms with E-state index in [9.17, 15) is 19.2 Å². The molecule has 11 rings (SSSR count). The van der Waals surface area contributed by atoms with E-state index in [-0.39, 0.29) is 23.5 Å². The van der Waals surface area contributed by atoms with E-state index >= 15 is 0 Å². The van der Waals surface area contributed by atoms with E-state index in [2.05, 4.69) is 53.9 Å². The number of thiazole rings is 1. The highest BCUT2D eigenvalue weighted by Gasteiger charge is 2.47. The quantitative estimate of drug-likeness (QED) is 0.0678. The van der Waals surface area contributed by atoms with Crippen LogP contribution in [0.1, 0.15) is 129 Å². The maximum Gasteiger partial charge on any atom is 0.358 e. The molecule has 4 fully saturated rings. The van der Waals surface area contributed by atoms with E-state index in [4.69, 9.17) is 28.7 Å². The van der Waals surface area contributed by atoms with Crippen molar-refractivity contribution >= 4 is 72.2 Å². The summed E-state index contributed by atoms with van der Waals surface area (Å²) in [5.74, 6) is 2.61. The summed E-state index contributed by atoms with van der Waals surface area (Å²) in [6.45, 7) is 21.5. The Morgan fingerprint density at radius 2 is 1.26 bits per heavy atom. The number of nitrogens with one attached hydrogen (secondary N) is 1. The van der Waals surface area contributed by atoms with Gasteiger partial charge in [-0.05, 0) is 226 Å². The maximum atomic E-state index is 14.0. The van der Waals surface area contributed by atoms with Gasteiger partial charge in [-0.15, -0.1) is 0 Å². The minimum Gasteiger partial charge on any atom is -0.493 e. The van der Waals surface area contributed by atoms with Crippen molar-refractivity contribution in [2.75, 3.05) is 82.5 Å². The molecule has 1 N–H and O–H groups in total. The number of carbonyl (C=O) groups is 4. The molecule has 6 aromatic rings. The van der Waals surface area contributed by atoms with Crippen molar-refractivity contribution < 1.29 is 42.9 Å². The van der Waals surface area contributed by atoms with Crippen LogP contribution in [0.25, 0.3) is 21.3 Å². The number of hydrogen-bond acceptors (Lipinski definition) is 15. The van der Waals surface area contributed by atoms with Crippen LogP contribution in [0, 0.1) is 36.5 Å². The van der Waals surface area contributed by atoms with Gasteiger partial charge in [0.1, 0.15) is 22.9 Å². The Bertz CT molecular complexity index is 3300. The summed E-state index contributed by atoms with van der Waals surface area (Å²) >= 11 is 5.01. The summed E-state index contributed by atoms with van der Waals surface area (Å²) < 4.78 is 30.8. The lowest BCUT2D eigenvalue weighted by molar-refractivity contribution is -0.146. The van der Waals surface area contributed by atoms with Crippen molar-refractivity contribution in [1.29, 1.82) is 0 Å². The third-order valence-corrected chi connectivity index (χ3v) is 19.4. The van der Waals surface area contributed by atoms with Gasteiger partial charge >= 0.3 is 17.9 Å². The van der Waals surface area contributed by atoms with Gasteiger partial charge in [0.2, 0.25) is 0 Å². The molecule has 2 aromatic heterocycles. The molecule has 17 heteroatoms. The fourth-order valence-electron chi connectivity index (χ4n) is 13.2. The molecule has 5 heterocycles. The zero-order valence-corrected chi connectivity index (χ0v) is 52.3. The van der Waals surface area contributed by atoms with Gasteiger partial charge in [-0.3, -0.25) is 29.5 Å². The summed E-state index contributed by atoms with van der Waals surface area (Å²) in [4.78, 5) is 67.4. The number of aromatic nitrogens is 2. The molecule has 0 bridgehead atoms. The van der Waals surface area contributed by atoms with Gasteiger partial charge in [0.15, 0.2) is 10.8 Å². The second kappa shape index (κ2) is 26.5. The van der Waals surface area contributed by atoms with Gasteiger partial charge in [-0.25, -0.2) is 14.8 Å².